The van der Waals surface area contributed by atoms with Gasteiger partial charge in [0.2, 0.25) is 11.2 Å². The predicted octanol–water partition coefficient (Wildman–Crippen LogP) is 4.71. The molecule has 0 fully saturated rings. The average Bonchev–Trinajstić information content (AvgIpc) is 2.85. The van der Waals surface area contributed by atoms with E-state index in [0.717, 1.165) is 0 Å². The number of benzene rings is 3. The maximum atomic E-state index is 13.3. The molecular formula is C25H20O7. The first kappa shape index (κ1) is 21.0. The number of carbonyl (C=O) groups is 1. The Morgan fingerprint density at radius 2 is 1.53 bits per heavy atom. The minimum Gasteiger partial charge on any atom is -0.497 e. The quantitative estimate of drug-likeness (QED) is 0.408. The van der Waals surface area contributed by atoms with E-state index in [1.54, 1.807) is 66.7 Å². The van der Waals surface area contributed by atoms with E-state index >= 15 is 0 Å². The van der Waals surface area contributed by atoms with Gasteiger partial charge < -0.3 is 23.4 Å². The summed E-state index contributed by atoms with van der Waals surface area (Å²) in [5.41, 5.74) is 0.657. The van der Waals surface area contributed by atoms with Crippen molar-refractivity contribution in [3.8, 4) is 34.3 Å². The van der Waals surface area contributed by atoms with Gasteiger partial charge in [-0.1, -0.05) is 12.1 Å². The molecule has 0 aliphatic carbocycles. The Kier molecular flexibility index (Phi) is 5.81. The van der Waals surface area contributed by atoms with Gasteiger partial charge >= 0.3 is 5.97 Å². The highest BCUT2D eigenvalue weighted by Crippen LogP contribution is 2.37. The summed E-state index contributed by atoms with van der Waals surface area (Å²) in [5.74, 6) is 0.743. The number of fused-ring (bicyclic) bond motifs is 1. The molecule has 3 aromatic carbocycles. The second-order valence-corrected chi connectivity index (χ2v) is 6.77. The fourth-order valence-corrected chi connectivity index (χ4v) is 3.26. The zero-order valence-electron chi connectivity index (χ0n) is 17.7. The summed E-state index contributed by atoms with van der Waals surface area (Å²) >= 11 is 0. The van der Waals surface area contributed by atoms with Crippen LogP contribution in [0.4, 0.5) is 0 Å². The highest BCUT2D eigenvalue weighted by atomic mass is 16.5. The molecule has 0 amide bonds. The lowest BCUT2D eigenvalue weighted by atomic mass is 10.1. The third-order valence-electron chi connectivity index (χ3n) is 4.92. The number of hydrogen-bond donors (Lipinski definition) is 0. The van der Waals surface area contributed by atoms with Gasteiger partial charge in [0.05, 0.1) is 32.3 Å². The maximum Gasteiger partial charge on any atom is 0.343 e. The third kappa shape index (κ3) is 3.88. The van der Waals surface area contributed by atoms with Crippen LogP contribution in [-0.4, -0.2) is 27.3 Å². The summed E-state index contributed by atoms with van der Waals surface area (Å²) < 4.78 is 27.3. The lowest BCUT2D eigenvalue weighted by Gasteiger charge is -2.13. The minimum absolute atomic E-state index is 0.108. The van der Waals surface area contributed by atoms with E-state index in [-0.39, 0.29) is 17.1 Å². The van der Waals surface area contributed by atoms with Crippen LogP contribution in [0.15, 0.2) is 75.9 Å². The van der Waals surface area contributed by atoms with Gasteiger partial charge in [0.15, 0.2) is 17.3 Å². The molecule has 0 saturated heterocycles. The van der Waals surface area contributed by atoms with Crippen molar-refractivity contribution in [2.75, 3.05) is 21.3 Å². The van der Waals surface area contributed by atoms with Crippen molar-refractivity contribution in [2.24, 2.45) is 0 Å². The van der Waals surface area contributed by atoms with E-state index in [1.165, 1.54) is 21.3 Å². The Labute approximate surface area is 183 Å². The Bertz CT molecular complexity index is 1340. The van der Waals surface area contributed by atoms with E-state index in [4.69, 9.17) is 23.4 Å². The molecule has 1 aromatic heterocycles. The van der Waals surface area contributed by atoms with Gasteiger partial charge in [-0.25, -0.2) is 4.79 Å². The third-order valence-corrected chi connectivity index (χ3v) is 4.92. The van der Waals surface area contributed by atoms with Crippen LogP contribution in [0.5, 0.6) is 23.0 Å². The van der Waals surface area contributed by atoms with Gasteiger partial charge in [0.25, 0.3) is 0 Å². The number of rotatable bonds is 6. The van der Waals surface area contributed by atoms with E-state index in [2.05, 4.69) is 0 Å². The predicted molar refractivity (Wildman–Crippen MR) is 119 cm³/mol. The highest BCUT2D eigenvalue weighted by Gasteiger charge is 2.22. The van der Waals surface area contributed by atoms with Crippen molar-refractivity contribution < 1.29 is 28.2 Å². The first-order chi connectivity index (χ1) is 15.5. The molecule has 0 radical (unpaired) electrons. The number of hydrogen-bond acceptors (Lipinski definition) is 7. The lowest BCUT2D eigenvalue weighted by molar-refractivity contribution is 0.0731. The molecule has 7 heteroatoms. The molecule has 4 aromatic rings. The SMILES string of the molecule is COc1ccc(C(=O)Oc2c(-c3ccc(OC)c(OC)c3)oc3ccccc3c2=O)cc1. The molecule has 0 saturated carbocycles. The van der Waals surface area contributed by atoms with Crippen LogP contribution in [0, 0.1) is 0 Å². The summed E-state index contributed by atoms with van der Waals surface area (Å²) in [7, 11) is 4.56. The molecule has 0 atom stereocenters. The number of esters is 1. The normalized spacial score (nSPS) is 10.6. The highest BCUT2D eigenvalue weighted by molar-refractivity contribution is 5.93. The van der Waals surface area contributed by atoms with Gasteiger partial charge in [0, 0.05) is 5.56 Å². The van der Waals surface area contributed by atoms with E-state index < -0.39 is 11.4 Å². The van der Waals surface area contributed by atoms with Crippen LogP contribution in [0.25, 0.3) is 22.3 Å². The summed E-state index contributed by atoms with van der Waals surface area (Å²) in [4.78, 5) is 26.1. The Balaban J connectivity index is 1.86. The molecule has 1 heterocycles. The molecule has 0 aliphatic heterocycles. The van der Waals surface area contributed by atoms with Gasteiger partial charge in [-0.2, -0.15) is 0 Å². The standard InChI is InChI=1S/C25H20O7/c1-28-17-11-8-15(9-12-17)25(27)32-24-22(26)18-6-4-5-7-19(18)31-23(24)16-10-13-20(29-2)21(14-16)30-3/h4-14H,1-3H3. The topological polar surface area (TPSA) is 84.2 Å². The molecule has 162 valence electrons. The molecule has 0 bridgehead atoms. The molecule has 0 unspecified atom stereocenters. The van der Waals surface area contributed by atoms with Gasteiger partial charge in [-0.05, 0) is 54.6 Å². The van der Waals surface area contributed by atoms with Crippen LogP contribution in [0.2, 0.25) is 0 Å². The Hall–Kier alpha value is -4.26. The van der Waals surface area contributed by atoms with Crippen LogP contribution in [0.3, 0.4) is 0 Å². The molecule has 7 nitrogen and oxygen atoms in total. The second-order valence-electron chi connectivity index (χ2n) is 6.77. The first-order valence-corrected chi connectivity index (χ1v) is 9.70. The second kappa shape index (κ2) is 8.85. The molecule has 32 heavy (non-hydrogen) atoms. The van der Waals surface area contributed by atoms with E-state index in [0.29, 0.717) is 33.8 Å². The van der Waals surface area contributed by atoms with Crippen molar-refractivity contribution in [3.05, 3.63) is 82.5 Å². The summed E-state index contributed by atoms with van der Waals surface area (Å²) in [6.07, 6.45) is 0. The number of para-hydroxylation sites is 1. The van der Waals surface area contributed by atoms with Gasteiger partial charge in [-0.15, -0.1) is 0 Å². The Morgan fingerprint density at radius 1 is 0.812 bits per heavy atom. The van der Waals surface area contributed by atoms with Crippen LogP contribution in [0.1, 0.15) is 10.4 Å². The van der Waals surface area contributed by atoms with Gasteiger partial charge in [0.1, 0.15) is 11.3 Å². The minimum atomic E-state index is -0.697. The number of carbonyl (C=O) groups excluding carboxylic acids is 1. The van der Waals surface area contributed by atoms with Crippen LogP contribution >= 0.6 is 0 Å². The Morgan fingerprint density at radius 3 is 2.22 bits per heavy atom. The van der Waals surface area contributed by atoms with E-state index in [1.807, 2.05) is 0 Å². The lowest BCUT2D eigenvalue weighted by Crippen LogP contribution is -2.16. The number of methoxy groups -OCH3 is 3. The van der Waals surface area contributed by atoms with Crippen molar-refractivity contribution in [2.45, 2.75) is 0 Å². The van der Waals surface area contributed by atoms with Crippen molar-refractivity contribution >= 4 is 16.9 Å². The molecule has 4 rings (SSSR count). The van der Waals surface area contributed by atoms with E-state index in [9.17, 15) is 9.59 Å². The monoisotopic (exact) mass is 432 g/mol. The summed E-state index contributed by atoms with van der Waals surface area (Å²) in [6.45, 7) is 0. The van der Waals surface area contributed by atoms with Crippen LogP contribution < -0.4 is 24.4 Å². The fourth-order valence-electron chi connectivity index (χ4n) is 3.26. The van der Waals surface area contributed by atoms with Crippen molar-refractivity contribution in [1.29, 1.82) is 0 Å². The average molecular weight is 432 g/mol. The number of ether oxygens (including phenoxy) is 4. The van der Waals surface area contributed by atoms with Crippen molar-refractivity contribution in [3.63, 3.8) is 0 Å². The zero-order chi connectivity index (χ0) is 22.7. The maximum absolute atomic E-state index is 13.3. The summed E-state index contributed by atoms with van der Waals surface area (Å²) in [5, 5.41) is 0.300. The fraction of sp³-hybridized carbons (Fsp3) is 0.120. The first-order valence-electron chi connectivity index (χ1n) is 9.70. The molecular weight excluding hydrogens is 412 g/mol. The zero-order valence-corrected chi connectivity index (χ0v) is 17.7. The van der Waals surface area contributed by atoms with Gasteiger partial charge in [-0.3, -0.25) is 4.79 Å². The van der Waals surface area contributed by atoms with Crippen molar-refractivity contribution in [1.82, 2.24) is 0 Å². The molecule has 0 spiro atoms. The molecule has 0 N–H and O–H groups in total. The summed E-state index contributed by atoms with van der Waals surface area (Å²) in [6, 6.07) is 18.2. The molecule has 0 aliphatic rings. The smallest absolute Gasteiger partial charge is 0.343 e. The largest absolute Gasteiger partial charge is 0.497 e. The van der Waals surface area contributed by atoms with Crippen LogP contribution in [-0.2, 0) is 0 Å².